The number of amides is 3. The summed E-state index contributed by atoms with van der Waals surface area (Å²) in [7, 11) is 0. The predicted molar refractivity (Wildman–Crippen MR) is 87.1 cm³/mol. The molecule has 0 aromatic heterocycles. The summed E-state index contributed by atoms with van der Waals surface area (Å²) in [6.45, 7) is 13.1. The Bertz CT molecular complexity index is 465. The zero-order valence-corrected chi connectivity index (χ0v) is 13.9. The fourth-order valence-electron chi connectivity index (χ4n) is 3.08. The summed E-state index contributed by atoms with van der Waals surface area (Å²) in [5, 5.41) is 2.90. The van der Waals surface area contributed by atoms with Gasteiger partial charge in [0.2, 0.25) is 0 Å². The number of rotatable bonds is 3. The third-order valence-electron chi connectivity index (χ3n) is 4.65. The second-order valence-electron chi connectivity index (χ2n) is 7.17. The lowest BCUT2D eigenvalue weighted by Crippen LogP contribution is -2.47. The number of hydrogen-bond acceptors (Lipinski definition) is 2. The molecule has 3 amide bonds. The first-order valence-electron chi connectivity index (χ1n) is 8.00. The Kier molecular flexibility index (Phi) is 4.94. The topological polar surface area (TPSA) is 52.7 Å². The molecule has 2 rings (SSSR count). The van der Waals surface area contributed by atoms with E-state index in [2.05, 4.69) is 32.7 Å². The van der Waals surface area contributed by atoms with Crippen molar-refractivity contribution in [2.24, 2.45) is 11.3 Å². The molecule has 5 heteroatoms. The number of nitrogens with zero attached hydrogens (tertiary/aromatic N) is 2. The average molecular weight is 305 g/mol. The Morgan fingerprint density at radius 3 is 2.45 bits per heavy atom. The zero-order valence-electron chi connectivity index (χ0n) is 13.9. The first-order valence-corrected chi connectivity index (χ1v) is 8.00. The van der Waals surface area contributed by atoms with Gasteiger partial charge in [0.15, 0.2) is 0 Å². The maximum atomic E-state index is 12.2. The Hall–Kier alpha value is -1.78. The van der Waals surface area contributed by atoms with Crippen LogP contribution in [-0.2, 0) is 4.79 Å². The van der Waals surface area contributed by atoms with Crippen molar-refractivity contribution in [2.45, 2.75) is 33.6 Å². The Morgan fingerprint density at radius 1 is 1.32 bits per heavy atom. The van der Waals surface area contributed by atoms with Crippen LogP contribution in [0.5, 0.6) is 0 Å². The van der Waals surface area contributed by atoms with Gasteiger partial charge in [-0.1, -0.05) is 27.4 Å². The summed E-state index contributed by atoms with van der Waals surface area (Å²) in [5.74, 6) is 0.610. The second kappa shape index (κ2) is 6.55. The Morgan fingerprint density at radius 2 is 1.95 bits per heavy atom. The normalized spacial score (nSPS) is 20.0. The molecule has 0 saturated carbocycles. The summed E-state index contributed by atoms with van der Waals surface area (Å²) >= 11 is 0. The average Bonchev–Trinajstić information content (AvgIpc) is 2.78. The molecule has 0 atom stereocenters. The number of likely N-dealkylation sites (tertiary alicyclic amines) is 1. The van der Waals surface area contributed by atoms with Gasteiger partial charge in [0.25, 0.3) is 5.91 Å². The van der Waals surface area contributed by atoms with Gasteiger partial charge in [-0.3, -0.25) is 4.79 Å². The van der Waals surface area contributed by atoms with Crippen LogP contribution in [0.4, 0.5) is 4.79 Å². The van der Waals surface area contributed by atoms with Crippen molar-refractivity contribution >= 4 is 11.9 Å². The Labute approximate surface area is 133 Å². The molecule has 2 aliphatic rings. The summed E-state index contributed by atoms with van der Waals surface area (Å²) < 4.78 is 0. The van der Waals surface area contributed by atoms with Crippen LogP contribution < -0.4 is 5.32 Å². The van der Waals surface area contributed by atoms with Gasteiger partial charge in [-0.2, -0.15) is 0 Å². The van der Waals surface area contributed by atoms with Crippen molar-refractivity contribution in [3.8, 4) is 0 Å². The molecule has 0 aliphatic carbocycles. The minimum Gasteiger partial charge on any atom is -0.336 e. The lowest BCUT2D eigenvalue weighted by molar-refractivity contribution is -0.123. The van der Waals surface area contributed by atoms with Crippen molar-refractivity contribution in [3.63, 3.8) is 0 Å². The van der Waals surface area contributed by atoms with E-state index in [1.807, 2.05) is 4.90 Å². The fourth-order valence-corrected chi connectivity index (χ4v) is 3.08. The second-order valence-corrected chi connectivity index (χ2v) is 7.17. The molecular formula is C17H27N3O2. The number of piperidine rings is 1. The maximum absolute atomic E-state index is 12.2. The molecule has 1 saturated heterocycles. The molecule has 2 aliphatic heterocycles. The molecule has 2 heterocycles. The van der Waals surface area contributed by atoms with Gasteiger partial charge in [-0.05, 0) is 30.3 Å². The van der Waals surface area contributed by atoms with Gasteiger partial charge >= 0.3 is 6.03 Å². The van der Waals surface area contributed by atoms with Gasteiger partial charge in [-0.15, -0.1) is 0 Å². The SMILES string of the molecule is C=C1C=CC(=O)N1CCNC(=O)N1CCC(C(C)(C)C)CC1. The highest BCUT2D eigenvalue weighted by molar-refractivity contribution is 5.93. The first kappa shape index (κ1) is 16.6. The van der Waals surface area contributed by atoms with Gasteiger partial charge in [0.05, 0.1) is 0 Å². The van der Waals surface area contributed by atoms with Crippen molar-refractivity contribution < 1.29 is 9.59 Å². The fraction of sp³-hybridized carbons (Fsp3) is 0.647. The van der Waals surface area contributed by atoms with E-state index in [9.17, 15) is 9.59 Å². The van der Waals surface area contributed by atoms with E-state index in [4.69, 9.17) is 0 Å². The van der Waals surface area contributed by atoms with Crippen molar-refractivity contribution in [1.29, 1.82) is 0 Å². The highest BCUT2D eigenvalue weighted by Gasteiger charge is 2.30. The standard InChI is InChI=1S/C17H27N3O2/c1-13-5-6-15(21)20(13)12-9-18-16(22)19-10-7-14(8-11-19)17(2,3)4/h5-6,14H,1,7-12H2,2-4H3,(H,18,22). The number of nitrogens with one attached hydrogen (secondary N) is 1. The molecule has 1 N–H and O–H groups in total. The van der Waals surface area contributed by atoms with Crippen molar-refractivity contribution in [2.75, 3.05) is 26.2 Å². The molecule has 122 valence electrons. The van der Waals surface area contributed by atoms with Crippen LogP contribution in [0.1, 0.15) is 33.6 Å². The highest BCUT2D eigenvalue weighted by Crippen LogP contribution is 2.34. The third kappa shape index (κ3) is 3.90. The third-order valence-corrected chi connectivity index (χ3v) is 4.65. The smallest absolute Gasteiger partial charge is 0.317 e. The molecule has 1 fully saturated rings. The molecule has 0 bridgehead atoms. The van der Waals surface area contributed by atoms with Crippen LogP contribution in [0, 0.1) is 11.3 Å². The van der Waals surface area contributed by atoms with E-state index >= 15 is 0 Å². The summed E-state index contributed by atoms with van der Waals surface area (Å²) in [6, 6.07) is -0.0300. The maximum Gasteiger partial charge on any atom is 0.317 e. The van der Waals surface area contributed by atoms with Crippen LogP contribution >= 0.6 is 0 Å². The summed E-state index contributed by atoms with van der Waals surface area (Å²) in [6.07, 6.45) is 5.31. The molecule has 0 aromatic carbocycles. The zero-order chi connectivity index (χ0) is 16.3. The van der Waals surface area contributed by atoms with E-state index in [-0.39, 0.29) is 11.9 Å². The summed E-state index contributed by atoms with van der Waals surface area (Å²) in [5.41, 5.74) is 0.997. The number of hydrogen-bond donors (Lipinski definition) is 1. The number of carbonyl (C=O) groups excluding carboxylic acids is 2. The van der Waals surface area contributed by atoms with E-state index in [0.717, 1.165) is 25.9 Å². The Balaban J connectivity index is 1.71. The minimum atomic E-state index is -0.0646. The largest absolute Gasteiger partial charge is 0.336 e. The lowest BCUT2D eigenvalue weighted by atomic mass is 9.75. The molecule has 0 unspecified atom stereocenters. The molecule has 0 aromatic rings. The van der Waals surface area contributed by atoms with Gasteiger partial charge in [0.1, 0.15) is 0 Å². The van der Waals surface area contributed by atoms with Crippen LogP contribution in [-0.4, -0.2) is 47.9 Å². The molecule has 22 heavy (non-hydrogen) atoms. The minimum absolute atomic E-state index is 0.0300. The van der Waals surface area contributed by atoms with Gasteiger partial charge in [-0.25, -0.2) is 4.79 Å². The number of allylic oxidation sites excluding steroid dienone is 1. The molecule has 0 radical (unpaired) electrons. The van der Waals surface area contributed by atoms with Crippen LogP contribution in [0.25, 0.3) is 0 Å². The monoisotopic (exact) mass is 305 g/mol. The molecule has 0 spiro atoms. The van der Waals surface area contributed by atoms with Gasteiger partial charge < -0.3 is 15.1 Å². The number of carbonyl (C=O) groups is 2. The van der Waals surface area contributed by atoms with E-state index in [1.54, 1.807) is 11.0 Å². The van der Waals surface area contributed by atoms with E-state index in [0.29, 0.717) is 30.1 Å². The van der Waals surface area contributed by atoms with Crippen LogP contribution in [0.3, 0.4) is 0 Å². The number of urea groups is 1. The van der Waals surface area contributed by atoms with Crippen molar-refractivity contribution in [3.05, 3.63) is 24.4 Å². The van der Waals surface area contributed by atoms with E-state index < -0.39 is 0 Å². The van der Waals surface area contributed by atoms with Gasteiger partial charge in [0, 0.05) is 38.0 Å². The lowest BCUT2D eigenvalue weighted by Gasteiger charge is -2.38. The molecule has 5 nitrogen and oxygen atoms in total. The predicted octanol–water partition coefficient (Wildman–Crippen LogP) is 2.37. The van der Waals surface area contributed by atoms with Crippen molar-refractivity contribution in [1.82, 2.24) is 15.1 Å². The quantitative estimate of drug-likeness (QED) is 0.870. The van der Waals surface area contributed by atoms with Crippen LogP contribution in [0.2, 0.25) is 0 Å². The molecular weight excluding hydrogens is 278 g/mol. The first-order chi connectivity index (χ1) is 10.3. The van der Waals surface area contributed by atoms with Crippen LogP contribution in [0.15, 0.2) is 24.4 Å². The highest BCUT2D eigenvalue weighted by atomic mass is 16.2. The summed E-state index contributed by atoms with van der Waals surface area (Å²) in [4.78, 5) is 27.2. The van der Waals surface area contributed by atoms with E-state index in [1.165, 1.54) is 6.08 Å².